The van der Waals surface area contributed by atoms with Crippen LogP contribution >= 0.6 is 0 Å². The highest BCUT2D eigenvalue weighted by molar-refractivity contribution is 5.99. The normalized spacial score (nSPS) is 25.5. The summed E-state index contributed by atoms with van der Waals surface area (Å²) in [4.78, 5) is 12.9. The largest absolute Gasteiger partial charge is 0.493 e. The van der Waals surface area contributed by atoms with Gasteiger partial charge in [-0.15, -0.1) is 0 Å². The van der Waals surface area contributed by atoms with Crippen LogP contribution in [0.3, 0.4) is 0 Å². The summed E-state index contributed by atoms with van der Waals surface area (Å²) in [5, 5.41) is 14.8. The van der Waals surface area contributed by atoms with E-state index in [1.54, 1.807) is 0 Å². The van der Waals surface area contributed by atoms with Gasteiger partial charge in [-0.25, -0.2) is 0 Å². The van der Waals surface area contributed by atoms with Gasteiger partial charge >= 0.3 is 6.18 Å². The fourth-order valence-corrected chi connectivity index (χ4v) is 3.69. The number of benzene rings is 1. The number of rotatable bonds is 3. The van der Waals surface area contributed by atoms with Crippen molar-refractivity contribution in [2.24, 2.45) is 11.0 Å². The minimum Gasteiger partial charge on any atom is -0.493 e. The third kappa shape index (κ3) is 3.13. The first-order valence-electron chi connectivity index (χ1n) is 8.67. The van der Waals surface area contributed by atoms with Crippen molar-refractivity contribution in [2.45, 2.75) is 44.0 Å². The van der Waals surface area contributed by atoms with Gasteiger partial charge in [0, 0.05) is 11.3 Å². The molecule has 3 rings (SSSR count). The van der Waals surface area contributed by atoms with E-state index < -0.39 is 23.7 Å². The van der Waals surface area contributed by atoms with Crippen LogP contribution < -0.4 is 9.47 Å². The maximum Gasteiger partial charge on any atom is 0.439 e. The van der Waals surface area contributed by atoms with Crippen LogP contribution in [0.25, 0.3) is 0 Å². The highest BCUT2D eigenvalue weighted by Gasteiger charge is 2.68. The first-order chi connectivity index (χ1) is 12.7. The molecule has 1 heterocycles. The topological polar surface area (TPSA) is 71.4 Å². The van der Waals surface area contributed by atoms with Crippen LogP contribution in [0.15, 0.2) is 23.3 Å². The van der Waals surface area contributed by atoms with Gasteiger partial charge in [0.1, 0.15) is 0 Å². The summed E-state index contributed by atoms with van der Waals surface area (Å²) in [6.07, 6.45) is -2.59. The molecule has 1 aromatic carbocycles. The molecule has 0 aromatic heterocycles. The maximum atomic E-state index is 13.9. The summed E-state index contributed by atoms with van der Waals surface area (Å²) in [5.74, 6) is -1.77. The summed E-state index contributed by atoms with van der Waals surface area (Å²) in [6.45, 7) is 0. The van der Waals surface area contributed by atoms with Crippen LogP contribution in [0.2, 0.25) is 0 Å². The molecular weight excluding hydrogens is 365 g/mol. The number of aliphatic hydroxyl groups is 1. The Morgan fingerprint density at radius 3 is 2.56 bits per heavy atom. The minimum absolute atomic E-state index is 0.0869. The summed E-state index contributed by atoms with van der Waals surface area (Å²) in [7, 11) is 2.76. The lowest BCUT2D eigenvalue weighted by molar-refractivity contribution is -0.312. The molecule has 148 valence electrons. The number of hydrogen-bond donors (Lipinski definition) is 1. The molecule has 1 aliphatic carbocycles. The molecule has 0 bridgehead atoms. The Morgan fingerprint density at radius 2 is 1.93 bits per heavy atom. The lowest BCUT2D eigenvalue weighted by Gasteiger charge is -2.37. The van der Waals surface area contributed by atoms with Gasteiger partial charge in [-0.1, -0.05) is 12.8 Å². The van der Waals surface area contributed by atoms with Crippen molar-refractivity contribution < 1.29 is 32.5 Å². The average molecular weight is 386 g/mol. The van der Waals surface area contributed by atoms with Gasteiger partial charge in [-0.3, -0.25) is 4.79 Å². The number of hydrogen-bond acceptors (Lipinski definition) is 5. The Morgan fingerprint density at radius 1 is 1.22 bits per heavy atom. The molecule has 0 saturated heterocycles. The Hall–Kier alpha value is -2.29. The number of methoxy groups -OCH3 is 2. The molecule has 0 radical (unpaired) electrons. The van der Waals surface area contributed by atoms with Crippen LogP contribution in [-0.4, -0.2) is 47.9 Å². The lowest BCUT2D eigenvalue weighted by atomic mass is 9.87. The number of carbonyl (C=O) groups is 1. The number of alkyl halides is 3. The standard InChI is InChI=1S/C18H21F3N2O4/c1-26-14-9-8-11(10-15(14)27-2)16(24)23-17(25,18(19,20)21)12-6-4-3-5-7-13(12)22-23/h8-10,12,25H,3-7H2,1-2H3/t12-,17-/m0/s1. The molecule has 6 nitrogen and oxygen atoms in total. The monoisotopic (exact) mass is 386 g/mol. The molecule has 9 heteroatoms. The SMILES string of the molecule is COc1ccc(C(=O)N2N=C3CCCCC[C@@H]3[C@]2(O)C(F)(F)F)cc1OC. The predicted molar refractivity (Wildman–Crippen MR) is 90.7 cm³/mol. The lowest BCUT2D eigenvalue weighted by Crippen LogP contribution is -2.61. The molecule has 0 unspecified atom stereocenters. The molecule has 0 spiro atoms. The molecular formula is C18H21F3N2O4. The first-order valence-corrected chi connectivity index (χ1v) is 8.67. The van der Waals surface area contributed by atoms with Gasteiger partial charge in [0.25, 0.3) is 11.6 Å². The number of ether oxygens (including phenoxy) is 2. The molecule has 1 aromatic rings. The molecule has 1 N–H and O–H groups in total. The van der Waals surface area contributed by atoms with Crippen LogP contribution in [0, 0.1) is 5.92 Å². The van der Waals surface area contributed by atoms with Crippen molar-refractivity contribution in [2.75, 3.05) is 14.2 Å². The van der Waals surface area contributed by atoms with E-state index in [9.17, 15) is 23.1 Å². The van der Waals surface area contributed by atoms with E-state index in [4.69, 9.17) is 9.47 Å². The van der Waals surface area contributed by atoms with Crippen molar-refractivity contribution >= 4 is 11.6 Å². The molecule has 1 fully saturated rings. The number of carbonyl (C=O) groups excluding carboxylic acids is 1. The maximum absolute atomic E-state index is 13.9. The Labute approximate surface area is 154 Å². The Kier molecular flexibility index (Phi) is 5.07. The van der Waals surface area contributed by atoms with E-state index in [1.165, 1.54) is 32.4 Å². The second-order valence-corrected chi connectivity index (χ2v) is 6.65. The molecule has 1 amide bonds. The van der Waals surface area contributed by atoms with Crippen molar-refractivity contribution in [3.63, 3.8) is 0 Å². The van der Waals surface area contributed by atoms with Crippen molar-refractivity contribution in [1.82, 2.24) is 5.01 Å². The zero-order valence-corrected chi connectivity index (χ0v) is 15.0. The fourth-order valence-electron chi connectivity index (χ4n) is 3.69. The number of hydrazone groups is 1. The van der Waals surface area contributed by atoms with E-state index in [1.807, 2.05) is 0 Å². The fraction of sp³-hybridized carbons (Fsp3) is 0.556. The second kappa shape index (κ2) is 7.03. The van der Waals surface area contributed by atoms with Crippen molar-refractivity contribution in [1.29, 1.82) is 0 Å². The third-order valence-electron chi connectivity index (χ3n) is 5.11. The first kappa shape index (κ1) is 19.5. The van der Waals surface area contributed by atoms with Gasteiger partial charge in [0.15, 0.2) is 11.5 Å². The van der Waals surface area contributed by atoms with Crippen LogP contribution in [0.1, 0.15) is 42.5 Å². The molecule has 2 aliphatic rings. The van der Waals surface area contributed by atoms with Crippen LogP contribution in [0.4, 0.5) is 13.2 Å². The smallest absolute Gasteiger partial charge is 0.439 e. The zero-order valence-electron chi connectivity index (χ0n) is 15.0. The zero-order chi connectivity index (χ0) is 19.8. The molecule has 1 aliphatic heterocycles. The summed E-state index contributed by atoms with van der Waals surface area (Å²) in [5.41, 5.74) is -3.21. The van der Waals surface area contributed by atoms with Crippen LogP contribution in [0.5, 0.6) is 11.5 Å². The third-order valence-corrected chi connectivity index (χ3v) is 5.11. The molecule has 1 saturated carbocycles. The van der Waals surface area contributed by atoms with E-state index >= 15 is 0 Å². The predicted octanol–water partition coefficient (Wildman–Crippen LogP) is 3.35. The van der Waals surface area contributed by atoms with E-state index in [0.717, 1.165) is 6.42 Å². The molecule has 27 heavy (non-hydrogen) atoms. The number of amides is 1. The highest BCUT2D eigenvalue weighted by Crippen LogP contribution is 2.48. The van der Waals surface area contributed by atoms with Gasteiger partial charge in [-0.2, -0.15) is 23.3 Å². The van der Waals surface area contributed by atoms with Gasteiger partial charge < -0.3 is 14.6 Å². The number of halogens is 3. The Balaban J connectivity index is 2.04. The summed E-state index contributed by atoms with van der Waals surface area (Å²) < 4.78 is 51.8. The number of nitrogens with zero attached hydrogens (tertiary/aromatic N) is 2. The summed E-state index contributed by atoms with van der Waals surface area (Å²) in [6, 6.07) is 4.00. The minimum atomic E-state index is -5.04. The summed E-state index contributed by atoms with van der Waals surface area (Å²) >= 11 is 0. The average Bonchev–Trinajstić information content (AvgIpc) is 2.79. The van der Waals surface area contributed by atoms with Gasteiger partial charge in [-0.05, 0) is 37.5 Å². The van der Waals surface area contributed by atoms with E-state index in [0.29, 0.717) is 25.0 Å². The van der Waals surface area contributed by atoms with E-state index in [-0.39, 0.29) is 28.5 Å². The Bertz CT molecular complexity index is 765. The van der Waals surface area contributed by atoms with Gasteiger partial charge in [0.05, 0.1) is 20.1 Å². The van der Waals surface area contributed by atoms with Crippen LogP contribution in [-0.2, 0) is 0 Å². The van der Waals surface area contributed by atoms with E-state index in [2.05, 4.69) is 5.10 Å². The van der Waals surface area contributed by atoms with Crippen molar-refractivity contribution in [3.05, 3.63) is 23.8 Å². The van der Waals surface area contributed by atoms with Gasteiger partial charge in [0.2, 0.25) is 0 Å². The number of fused-ring (bicyclic) bond motifs is 1. The second-order valence-electron chi connectivity index (χ2n) is 6.65. The quantitative estimate of drug-likeness (QED) is 0.865. The van der Waals surface area contributed by atoms with Crippen molar-refractivity contribution in [3.8, 4) is 11.5 Å². The molecule has 2 atom stereocenters. The highest BCUT2D eigenvalue weighted by atomic mass is 19.4.